The van der Waals surface area contributed by atoms with Crippen molar-refractivity contribution in [3.63, 3.8) is 0 Å². The van der Waals surface area contributed by atoms with Crippen LogP contribution in [-0.4, -0.2) is 33.5 Å². The monoisotopic (exact) mass is 423 g/mol. The van der Waals surface area contributed by atoms with E-state index in [1.807, 2.05) is 43.3 Å². The number of fused-ring (bicyclic) bond motifs is 1. The van der Waals surface area contributed by atoms with E-state index < -0.39 is 18.4 Å². The maximum Gasteiger partial charge on any atom is 0.267 e. The molecule has 0 aliphatic carbocycles. The Balaban J connectivity index is 1.76. The number of aryl methyl sites for hydroxylation is 1. The highest BCUT2D eigenvalue weighted by molar-refractivity contribution is 8.26. The lowest BCUT2D eigenvalue weighted by Gasteiger charge is -2.17. The van der Waals surface area contributed by atoms with Gasteiger partial charge in [-0.2, -0.15) is 0 Å². The van der Waals surface area contributed by atoms with Gasteiger partial charge < -0.3 is 14.8 Å². The van der Waals surface area contributed by atoms with Crippen LogP contribution in [0, 0.1) is 6.92 Å². The Bertz CT molecular complexity index is 1090. The van der Waals surface area contributed by atoms with Gasteiger partial charge in [-0.25, -0.2) is 0 Å². The minimum absolute atomic E-state index is 0.101. The van der Waals surface area contributed by atoms with Crippen molar-refractivity contribution in [3.8, 4) is 0 Å². The van der Waals surface area contributed by atoms with Crippen molar-refractivity contribution in [2.45, 2.75) is 13.5 Å². The van der Waals surface area contributed by atoms with Crippen LogP contribution in [-0.2, 0) is 20.9 Å². The van der Waals surface area contributed by atoms with E-state index in [1.165, 1.54) is 0 Å². The lowest BCUT2D eigenvalue weighted by atomic mass is 10.1. The van der Waals surface area contributed by atoms with Gasteiger partial charge in [-0.05, 0) is 18.6 Å². The van der Waals surface area contributed by atoms with Crippen LogP contribution in [0.1, 0.15) is 16.7 Å². The fourth-order valence-corrected chi connectivity index (χ4v) is 4.67. The molecule has 0 spiro atoms. The Labute approximate surface area is 176 Å². The summed E-state index contributed by atoms with van der Waals surface area (Å²) in [4.78, 5) is 39.8. The quantitative estimate of drug-likeness (QED) is 0.552. The smallest absolute Gasteiger partial charge is 0.267 e. The summed E-state index contributed by atoms with van der Waals surface area (Å²) in [7, 11) is 0. The number of aliphatic carboxylic acids is 1. The first-order valence-corrected chi connectivity index (χ1v) is 10.0. The van der Waals surface area contributed by atoms with Crippen LogP contribution in [0.25, 0.3) is 5.57 Å². The number of carbonyl (C=O) groups is 3. The maximum atomic E-state index is 13.3. The third kappa shape index (κ3) is 3.45. The SMILES string of the molecule is Cc1ccc(CN2C(=O)/C(=C3\SC(=S)N(CC(=O)[O-])C3=O)c3ccccc32)cc1. The van der Waals surface area contributed by atoms with E-state index in [1.54, 1.807) is 17.0 Å². The molecule has 2 aromatic carbocycles. The van der Waals surface area contributed by atoms with Crippen LogP contribution in [0.4, 0.5) is 5.69 Å². The first-order valence-electron chi connectivity index (χ1n) is 8.81. The molecule has 29 heavy (non-hydrogen) atoms. The number of nitrogens with zero attached hydrogens (tertiary/aromatic N) is 2. The fraction of sp³-hybridized carbons (Fsp3) is 0.143. The molecule has 8 heteroatoms. The van der Waals surface area contributed by atoms with Crippen molar-refractivity contribution in [3.05, 3.63) is 70.1 Å². The van der Waals surface area contributed by atoms with E-state index in [9.17, 15) is 19.5 Å². The van der Waals surface area contributed by atoms with Gasteiger partial charge in [0.2, 0.25) is 0 Å². The number of carboxylic acids is 1. The normalized spacial score (nSPS) is 18.6. The Hall–Kier alpha value is -2.97. The molecule has 0 aromatic heterocycles. The third-order valence-corrected chi connectivity index (χ3v) is 6.20. The number of amides is 2. The number of para-hydroxylation sites is 1. The third-order valence-electron chi connectivity index (χ3n) is 4.75. The van der Waals surface area contributed by atoms with Crippen LogP contribution in [0.5, 0.6) is 0 Å². The topological polar surface area (TPSA) is 80.8 Å². The number of thioether (sulfide) groups is 1. The lowest BCUT2D eigenvalue weighted by Crippen LogP contribution is -2.40. The minimum Gasteiger partial charge on any atom is -0.548 e. The Morgan fingerprint density at radius 1 is 1.03 bits per heavy atom. The first-order chi connectivity index (χ1) is 13.9. The number of hydrogen-bond donors (Lipinski definition) is 0. The van der Waals surface area contributed by atoms with E-state index in [0.717, 1.165) is 27.8 Å². The van der Waals surface area contributed by atoms with Crippen LogP contribution in [0.15, 0.2) is 53.4 Å². The van der Waals surface area contributed by atoms with Crippen LogP contribution in [0.2, 0.25) is 0 Å². The largest absolute Gasteiger partial charge is 0.548 e. The van der Waals surface area contributed by atoms with Gasteiger partial charge in [-0.15, -0.1) is 0 Å². The molecule has 0 bridgehead atoms. The maximum absolute atomic E-state index is 13.3. The fourth-order valence-electron chi connectivity index (χ4n) is 3.35. The zero-order valence-corrected chi connectivity index (χ0v) is 17.0. The molecule has 2 aliphatic rings. The molecular formula is C21H15N2O4S2-. The number of anilines is 1. The number of carbonyl (C=O) groups excluding carboxylic acids is 3. The van der Waals surface area contributed by atoms with Gasteiger partial charge >= 0.3 is 0 Å². The number of thiocarbonyl (C=S) groups is 1. The number of carboxylic acid groups (broad SMARTS) is 1. The Morgan fingerprint density at radius 3 is 2.41 bits per heavy atom. The average Bonchev–Trinajstić information content (AvgIpc) is 3.11. The van der Waals surface area contributed by atoms with E-state index in [0.29, 0.717) is 17.8 Å². The highest BCUT2D eigenvalue weighted by atomic mass is 32.2. The molecule has 0 unspecified atom stereocenters. The molecule has 2 heterocycles. The van der Waals surface area contributed by atoms with Crippen molar-refractivity contribution < 1.29 is 19.5 Å². The summed E-state index contributed by atoms with van der Waals surface area (Å²) in [5.41, 5.74) is 3.69. The highest BCUT2D eigenvalue weighted by Gasteiger charge is 2.41. The molecule has 1 saturated heterocycles. The van der Waals surface area contributed by atoms with Gasteiger partial charge in [0, 0.05) is 5.56 Å². The predicted molar refractivity (Wildman–Crippen MR) is 113 cm³/mol. The van der Waals surface area contributed by atoms with Crippen LogP contribution < -0.4 is 10.0 Å². The van der Waals surface area contributed by atoms with Gasteiger partial charge in [-0.1, -0.05) is 72.0 Å². The molecule has 2 aromatic rings. The molecular weight excluding hydrogens is 408 g/mol. The van der Waals surface area contributed by atoms with Crippen molar-refractivity contribution in [2.75, 3.05) is 11.4 Å². The van der Waals surface area contributed by atoms with Crippen molar-refractivity contribution in [1.29, 1.82) is 0 Å². The van der Waals surface area contributed by atoms with E-state index in [-0.39, 0.29) is 20.7 Å². The summed E-state index contributed by atoms with van der Waals surface area (Å²) < 4.78 is 0.101. The lowest BCUT2D eigenvalue weighted by molar-refractivity contribution is -0.305. The van der Waals surface area contributed by atoms with E-state index in [4.69, 9.17) is 12.2 Å². The summed E-state index contributed by atoms with van der Waals surface area (Å²) in [6, 6.07) is 15.1. The molecule has 2 aliphatic heterocycles. The van der Waals surface area contributed by atoms with E-state index >= 15 is 0 Å². The van der Waals surface area contributed by atoms with Crippen LogP contribution in [0.3, 0.4) is 0 Å². The highest BCUT2D eigenvalue weighted by Crippen LogP contribution is 2.44. The Kier molecular flexibility index (Phi) is 4.97. The summed E-state index contributed by atoms with van der Waals surface area (Å²) in [6.45, 7) is 1.72. The van der Waals surface area contributed by atoms with Crippen molar-refractivity contribution >= 4 is 57.3 Å². The molecule has 0 atom stereocenters. The van der Waals surface area contributed by atoms with Gasteiger partial charge in [0.25, 0.3) is 11.8 Å². The first kappa shape index (κ1) is 19.4. The minimum atomic E-state index is -1.41. The number of hydrogen-bond acceptors (Lipinski definition) is 6. The molecule has 0 saturated carbocycles. The zero-order chi connectivity index (χ0) is 20.7. The zero-order valence-electron chi connectivity index (χ0n) is 15.4. The van der Waals surface area contributed by atoms with Crippen molar-refractivity contribution in [1.82, 2.24) is 4.90 Å². The number of rotatable bonds is 4. The summed E-state index contributed by atoms with van der Waals surface area (Å²) in [5, 5.41) is 11.0. The average molecular weight is 423 g/mol. The van der Waals surface area contributed by atoms with Gasteiger partial charge in [-0.3, -0.25) is 14.5 Å². The summed E-state index contributed by atoms with van der Waals surface area (Å²) in [6.07, 6.45) is 0. The molecule has 146 valence electrons. The van der Waals surface area contributed by atoms with Gasteiger partial charge in [0.15, 0.2) is 0 Å². The predicted octanol–water partition coefficient (Wildman–Crippen LogP) is 1.86. The second-order valence-corrected chi connectivity index (χ2v) is 8.37. The standard InChI is InChI=1S/C21H16N2O4S2/c1-12-6-8-13(9-7-12)10-22-15-5-3-2-4-14(15)17(19(22)26)18-20(27)23(11-16(24)25)21(28)29-18/h2-9H,10-11H2,1H3,(H,24,25)/p-1/b18-17-. The van der Waals surface area contributed by atoms with Gasteiger partial charge in [0.1, 0.15) is 4.32 Å². The second kappa shape index (κ2) is 7.46. The van der Waals surface area contributed by atoms with Gasteiger partial charge in [0.05, 0.1) is 35.2 Å². The molecule has 0 radical (unpaired) electrons. The van der Waals surface area contributed by atoms with E-state index in [2.05, 4.69) is 0 Å². The molecule has 2 amide bonds. The molecule has 0 N–H and O–H groups in total. The van der Waals surface area contributed by atoms with Crippen LogP contribution >= 0.6 is 24.0 Å². The molecule has 4 rings (SSSR count). The second-order valence-electron chi connectivity index (χ2n) is 6.73. The number of benzene rings is 2. The summed E-state index contributed by atoms with van der Waals surface area (Å²) in [5.74, 6) is -2.30. The summed E-state index contributed by atoms with van der Waals surface area (Å²) >= 11 is 6.10. The molecule has 1 fully saturated rings. The molecule has 6 nitrogen and oxygen atoms in total. The van der Waals surface area contributed by atoms with Crippen molar-refractivity contribution in [2.24, 2.45) is 0 Å². The Morgan fingerprint density at radius 2 is 1.72 bits per heavy atom.